The number of nitrogens with zero attached hydrogens (tertiary/aromatic N) is 4. The number of alkyl halides is 1. The van der Waals surface area contributed by atoms with Gasteiger partial charge in [0.05, 0.1) is 0 Å². The van der Waals surface area contributed by atoms with Gasteiger partial charge in [0, 0.05) is 24.0 Å². The van der Waals surface area contributed by atoms with E-state index in [1.54, 1.807) is 18.7 Å². The second kappa shape index (κ2) is 4.62. The molecule has 6 heteroatoms. The van der Waals surface area contributed by atoms with E-state index in [2.05, 4.69) is 20.5 Å². The van der Waals surface area contributed by atoms with E-state index >= 15 is 0 Å². The van der Waals surface area contributed by atoms with Crippen molar-refractivity contribution >= 4 is 28.8 Å². The fraction of sp³-hybridized carbons (Fsp3) is 0.0833. The van der Waals surface area contributed by atoms with Gasteiger partial charge in [0.2, 0.25) is 5.65 Å². The average Bonchev–Trinajstić information content (AvgIpc) is 2.89. The molecule has 1 N–H and O–H groups in total. The van der Waals surface area contributed by atoms with Crippen LogP contribution >= 0.6 is 11.6 Å². The Morgan fingerprint density at radius 1 is 1.22 bits per heavy atom. The first kappa shape index (κ1) is 11.0. The molecule has 0 fully saturated rings. The van der Waals surface area contributed by atoms with Gasteiger partial charge in [-0.1, -0.05) is 12.1 Å². The average molecular weight is 260 g/mol. The third-order valence-corrected chi connectivity index (χ3v) is 2.90. The molecule has 0 amide bonds. The van der Waals surface area contributed by atoms with Crippen molar-refractivity contribution in [2.24, 2.45) is 0 Å². The number of benzene rings is 1. The van der Waals surface area contributed by atoms with E-state index in [1.165, 1.54) is 0 Å². The molecule has 0 saturated carbocycles. The van der Waals surface area contributed by atoms with Crippen LogP contribution in [0.25, 0.3) is 5.65 Å². The van der Waals surface area contributed by atoms with Gasteiger partial charge in [0.25, 0.3) is 0 Å². The molecule has 2 aromatic heterocycles. The Labute approximate surface area is 108 Å². The second-order valence-electron chi connectivity index (χ2n) is 3.79. The summed E-state index contributed by atoms with van der Waals surface area (Å²) in [4.78, 5) is 4.26. The Bertz CT molecular complexity index is 662. The largest absolute Gasteiger partial charge is 0.337 e. The van der Waals surface area contributed by atoms with Crippen molar-refractivity contribution in [2.45, 2.75) is 5.88 Å². The van der Waals surface area contributed by atoms with Crippen molar-refractivity contribution in [3.63, 3.8) is 0 Å². The van der Waals surface area contributed by atoms with Gasteiger partial charge in [0.1, 0.15) is 6.33 Å². The fourth-order valence-electron chi connectivity index (χ4n) is 1.66. The molecule has 0 unspecified atom stereocenters. The van der Waals surface area contributed by atoms with Crippen molar-refractivity contribution in [3.8, 4) is 0 Å². The van der Waals surface area contributed by atoms with E-state index < -0.39 is 0 Å². The third-order valence-electron chi connectivity index (χ3n) is 2.59. The Balaban J connectivity index is 1.93. The van der Waals surface area contributed by atoms with Gasteiger partial charge >= 0.3 is 0 Å². The first-order chi connectivity index (χ1) is 8.86. The monoisotopic (exact) mass is 259 g/mol. The Morgan fingerprint density at radius 2 is 2.06 bits per heavy atom. The third kappa shape index (κ3) is 2.00. The quantitative estimate of drug-likeness (QED) is 0.735. The van der Waals surface area contributed by atoms with Crippen LogP contribution in [-0.2, 0) is 5.88 Å². The number of halogens is 1. The molecule has 1 aromatic carbocycles. The molecule has 18 heavy (non-hydrogen) atoms. The molecule has 0 bridgehead atoms. The zero-order valence-electron chi connectivity index (χ0n) is 9.42. The molecule has 0 saturated heterocycles. The highest BCUT2D eigenvalue weighted by Crippen LogP contribution is 2.18. The maximum Gasteiger partial charge on any atom is 0.203 e. The van der Waals surface area contributed by atoms with Crippen LogP contribution in [0, 0.1) is 0 Å². The minimum atomic E-state index is 0.512. The summed E-state index contributed by atoms with van der Waals surface area (Å²) in [5.41, 5.74) is 2.71. The maximum atomic E-state index is 5.75. The van der Waals surface area contributed by atoms with Gasteiger partial charge in [-0.25, -0.2) is 4.98 Å². The number of hydrogen-bond donors (Lipinski definition) is 1. The number of nitrogens with one attached hydrogen (secondary N) is 1. The van der Waals surface area contributed by atoms with Crippen LogP contribution in [0.2, 0.25) is 0 Å². The number of aromatic nitrogens is 4. The first-order valence-electron chi connectivity index (χ1n) is 5.43. The molecule has 3 aromatic rings. The molecule has 90 valence electrons. The van der Waals surface area contributed by atoms with Crippen LogP contribution in [0.4, 0.5) is 11.5 Å². The number of hydrogen-bond acceptors (Lipinski definition) is 4. The Hall–Kier alpha value is -2.14. The number of fused-ring (bicyclic) bond motifs is 1. The van der Waals surface area contributed by atoms with E-state index in [-0.39, 0.29) is 0 Å². The van der Waals surface area contributed by atoms with Gasteiger partial charge in [-0.2, -0.15) is 0 Å². The van der Waals surface area contributed by atoms with Crippen molar-refractivity contribution in [3.05, 3.63) is 48.5 Å². The highest BCUT2D eigenvalue weighted by Gasteiger charge is 2.04. The lowest BCUT2D eigenvalue weighted by molar-refractivity contribution is 1.10. The summed E-state index contributed by atoms with van der Waals surface area (Å²) in [6.07, 6.45) is 5.14. The molecule has 2 heterocycles. The van der Waals surface area contributed by atoms with Crippen LogP contribution < -0.4 is 5.32 Å². The minimum absolute atomic E-state index is 0.512. The molecule has 0 spiro atoms. The lowest BCUT2D eigenvalue weighted by Gasteiger charge is -2.06. The summed E-state index contributed by atoms with van der Waals surface area (Å²) in [5.74, 6) is 1.19. The summed E-state index contributed by atoms with van der Waals surface area (Å²) < 4.78 is 1.81. The predicted molar refractivity (Wildman–Crippen MR) is 70.1 cm³/mol. The minimum Gasteiger partial charge on any atom is -0.337 e. The topological polar surface area (TPSA) is 55.1 Å². The standard InChI is InChI=1S/C12H10ClN5/c13-7-9-1-3-10(4-2-9)16-11-12-17-15-8-18(12)6-5-14-11/h1-6,8H,7H2,(H,14,16). The summed E-state index contributed by atoms with van der Waals surface area (Å²) in [7, 11) is 0. The summed E-state index contributed by atoms with van der Waals surface area (Å²) in [6, 6.07) is 7.86. The van der Waals surface area contributed by atoms with E-state index in [1.807, 2.05) is 28.7 Å². The Kier molecular flexibility index (Phi) is 2.82. The maximum absolute atomic E-state index is 5.75. The summed E-state index contributed by atoms with van der Waals surface area (Å²) in [6.45, 7) is 0. The lowest BCUT2D eigenvalue weighted by atomic mass is 10.2. The normalized spacial score (nSPS) is 10.7. The summed E-state index contributed by atoms with van der Waals surface area (Å²) >= 11 is 5.75. The van der Waals surface area contributed by atoms with E-state index in [9.17, 15) is 0 Å². The highest BCUT2D eigenvalue weighted by atomic mass is 35.5. The predicted octanol–water partition coefficient (Wildman–Crippen LogP) is 2.61. The zero-order chi connectivity index (χ0) is 12.4. The number of anilines is 2. The SMILES string of the molecule is ClCc1ccc(Nc2nccn3cnnc23)cc1. The highest BCUT2D eigenvalue weighted by molar-refractivity contribution is 6.17. The molecular weight excluding hydrogens is 250 g/mol. The van der Waals surface area contributed by atoms with Crippen molar-refractivity contribution in [1.82, 2.24) is 19.6 Å². The van der Waals surface area contributed by atoms with Crippen molar-refractivity contribution in [2.75, 3.05) is 5.32 Å². The molecule has 0 radical (unpaired) electrons. The Morgan fingerprint density at radius 3 is 2.83 bits per heavy atom. The molecule has 0 aliphatic heterocycles. The molecule has 0 atom stereocenters. The van der Waals surface area contributed by atoms with Gasteiger partial charge in [-0.3, -0.25) is 4.40 Å². The van der Waals surface area contributed by atoms with Crippen LogP contribution in [0.1, 0.15) is 5.56 Å². The smallest absolute Gasteiger partial charge is 0.203 e. The lowest BCUT2D eigenvalue weighted by Crippen LogP contribution is -1.97. The van der Waals surface area contributed by atoms with Crippen LogP contribution in [0.3, 0.4) is 0 Å². The van der Waals surface area contributed by atoms with E-state index in [4.69, 9.17) is 11.6 Å². The van der Waals surface area contributed by atoms with Crippen LogP contribution in [0.15, 0.2) is 43.0 Å². The molecular formula is C12H10ClN5. The van der Waals surface area contributed by atoms with Crippen molar-refractivity contribution < 1.29 is 0 Å². The van der Waals surface area contributed by atoms with Crippen molar-refractivity contribution in [1.29, 1.82) is 0 Å². The van der Waals surface area contributed by atoms with Gasteiger partial charge < -0.3 is 5.32 Å². The van der Waals surface area contributed by atoms with Gasteiger partial charge in [0.15, 0.2) is 5.82 Å². The van der Waals surface area contributed by atoms with E-state index in [0.717, 1.165) is 11.3 Å². The first-order valence-corrected chi connectivity index (χ1v) is 5.96. The molecule has 3 rings (SSSR count). The van der Waals surface area contributed by atoms with Crippen LogP contribution in [0.5, 0.6) is 0 Å². The van der Waals surface area contributed by atoms with Gasteiger partial charge in [-0.15, -0.1) is 21.8 Å². The molecule has 0 aliphatic rings. The van der Waals surface area contributed by atoms with Gasteiger partial charge in [-0.05, 0) is 17.7 Å². The zero-order valence-corrected chi connectivity index (χ0v) is 10.2. The number of rotatable bonds is 3. The van der Waals surface area contributed by atoms with Crippen LogP contribution in [-0.4, -0.2) is 19.6 Å². The molecule has 0 aliphatic carbocycles. The van der Waals surface area contributed by atoms with E-state index in [0.29, 0.717) is 17.3 Å². The molecule has 5 nitrogen and oxygen atoms in total. The summed E-state index contributed by atoms with van der Waals surface area (Å²) in [5, 5.41) is 11.1. The second-order valence-corrected chi connectivity index (χ2v) is 4.06. The fourth-order valence-corrected chi connectivity index (χ4v) is 1.84.